The SMILES string of the molecule is Nc1ccc(Cn2cccc2C(=O)/C=C(\O)C(=O)O)cc1. The Morgan fingerprint density at radius 3 is 2.43 bits per heavy atom. The Morgan fingerprint density at radius 1 is 1.14 bits per heavy atom. The summed E-state index contributed by atoms with van der Waals surface area (Å²) < 4.78 is 1.67. The van der Waals surface area contributed by atoms with Gasteiger partial charge in [0.2, 0.25) is 11.5 Å². The van der Waals surface area contributed by atoms with Crippen LogP contribution in [0.3, 0.4) is 0 Å². The third-order valence-electron chi connectivity index (χ3n) is 2.90. The van der Waals surface area contributed by atoms with E-state index >= 15 is 0 Å². The summed E-state index contributed by atoms with van der Waals surface area (Å²) >= 11 is 0. The molecule has 4 N–H and O–H groups in total. The lowest BCUT2D eigenvalue weighted by Gasteiger charge is -2.07. The van der Waals surface area contributed by atoms with Crippen molar-refractivity contribution in [3.05, 3.63) is 65.7 Å². The van der Waals surface area contributed by atoms with Crippen LogP contribution in [0.5, 0.6) is 0 Å². The van der Waals surface area contributed by atoms with Crippen molar-refractivity contribution in [1.29, 1.82) is 0 Å². The van der Waals surface area contributed by atoms with Gasteiger partial charge in [-0.15, -0.1) is 0 Å². The number of hydrogen-bond acceptors (Lipinski definition) is 4. The van der Waals surface area contributed by atoms with Gasteiger partial charge in [0.15, 0.2) is 0 Å². The minimum Gasteiger partial charge on any atom is -0.502 e. The number of rotatable bonds is 5. The largest absolute Gasteiger partial charge is 0.502 e. The Labute approximate surface area is 120 Å². The molecule has 0 aliphatic heterocycles. The lowest BCUT2D eigenvalue weighted by atomic mass is 10.2. The van der Waals surface area contributed by atoms with Crippen LogP contribution in [0.4, 0.5) is 5.69 Å². The Hall–Kier alpha value is -3.02. The number of carbonyl (C=O) groups is 2. The molecule has 0 saturated carbocycles. The lowest BCUT2D eigenvalue weighted by Crippen LogP contribution is -2.10. The van der Waals surface area contributed by atoms with E-state index in [0.29, 0.717) is 24.0 Å². The van der Waals surface area contributed by atoms with E-state index in [1.54, 1.807) is 35.0 Å². The average Bonchev–Trinajstić information content (AvgIpc) is 2.89. The van der Waals surface area contributed by atoms with Crippen molar-refractivity contribution in [3.63, 3.8) is 0 Å². The number of nitrogens with zero attached hydrogens (tertiary/aromatic N) is 1. The molecule has 0 amide bonds. The molecule has 6 heteroatoms. The number of aliphatic hydroxyl groups excluding tert-OH is 1. The van der Waals surface area contributed by atoms with Crippen LogP contribution in [-0.2, 0) is 11.3 Å². The van der Waals surface area contributed by atoms with Crippen LogP contribution in [0, 0.1) is 0 Å². The van der Waals surface area contributed by atoms with Crippen molar-refractivity contribution in [2.45, 2.75) is 6.54 Å². The fourth-order valence-corrected chi connectivity index (χ4v) is 1.86. The molecule has 21 heavy (non-hydrogen) atoms. The van der Waals surface area contributed by atoms with Gasteiger partial charge in [0.1, 0.15) is 0 Å². The average molecular weight is 286 g/mol. The summed E-state index contributed by atoms with van der Waals surface area (Å²) in [6.45, 7) is 0.441. The third kappa shape index (κ3) is 3.50. The minimum absolute atomic E-state index is 0.291. The number of ketones is 1. The Morgan fingerprint density at radius 2 is 1.81 bits per heavy atom. The van der Waals surface area contributed by atoms with Crippen molar-refractivity contribution < 1.29 is 19.8 Å². The number of aliphatic hydroxyl groups is 1. The molecule has 1 aromatic carbocycles. The van der Waals surface area contributed by atoms with Gasteiger partial charge < -0.3 is 20.5 Å². The fraction of sp³-hybridized carbons (Fsp3) is 0.0667. The molecule has 0 atom stereocenters. The number of allylic oxidation sites excluding steroid dienone is 1. The Kier molecular flexibility index (Phi) is 4.08. The van der Waals surface area contributed by atoms with E-state index in [2.05, 4.69) is 0 Å². The first-order valence-electron chi connectivity index (χ1n) is 6.15. The topological polar surface area (TPSA) is 106 Å². The van der Waals surface area contributed by atoms with Gasteiger partial charge in [0.05, 0.1) is 5.69 Å². The highest BCUT2D eigenvalue weighted by Gasteiger charge is 2.13. The van der Waals surface area contributed by atoms with E-state index in [4.69, 9.17) is 15.9 Å². The summed E-state index contributed by atoms with van der Waals surface area (Å²) in [5.74, 6) is -3.10. The molecule has 108 valence electrons. The molecule has 2 aromatic rings. The maximum absolute atomic E-state index is 11.9. The van der Waals surface area contributed by atoms with Crippen LogP contribution in [0.25, 0.3) is 0 Å². The molecule has 0 aliphatic carbocycles. The summed E-state index contributed by atoms with van der Waals surface area (Å²) in [5.41, 5.74) is 7.50. The van der Waals surface area contributed by atoms with Crippen LogP contribution in [0.1, 0.15) is 16.1 Å². The van der Waals surface area contributed by atoms with Crippen LogP contribution in [-0.4, -0.2) is 26.5 Å². The number of carbonyl (C=O) groups excluding carboxylic acids is 1. The molecule has 0 fully saturated rings. The first kappa shape index (κ1) is 14.4. The van der Waals surface area contributed by atoms with Crippen LogP contribution in [0.15, 0.2) is 54.4 Å². The molecule has 0 bridgehead atoms. The van der Waals surface area contributed by atoms with Gasteiger partial charge in [0, 0.05) is 24.5 Å². The molecule has 2 rings (SSSR count). The van der Waals surface area contributed by atoms with Gasteiger partial charge in [-0.2, -0.15) is 0 Å². The van der Waals surface area contributed by atoms with Crippen LogP contribution in [0.2, 0.25) is 0 Å². The quantitative estimate of drug-likeness (QED) is 0.336. The summed E-state index contributed by atoms with van der Waals surface area (Å²) in [4.78, 5) is 22.5. The van der Waals surface area contributed by atoms with E-state index in [1.165, 1.54) is 0 Å². The van der Waals surface area contributed by atoms with Gasteiger partial charge in [-0.1, -0.05) is 12.1 Å². The number of nitrogen functional groups attached to an aromatic ring is 1. The first-order chi connectivity index (χ1) is 9.97. The molecule has 1 heterocycles. The smallest absolute Gasteiger partial charge is 0.371 e. The second-order valence-electron chi connectivity index (χ2n) is 4.46. The van der Waals surface area contributed by atoms with E-state index in [0.717, 1.165) is 5.56 Å². The van der Waals surface area contributed by atoms with E-state index in [1.807, 2.05) is 12.1 Å². The zero-order valence-electron chi connectivity index (χ0n) is 11.1. The summed E-state index contributed by atoms with van der Waals surface area (Å²) in [5, 5.41) is 17.7. The molecule has 0 spiro atoms. The van der Waals surface area contributed by atoms with Crippen LogP contribution >= 0.6 is 0 Å². The summed E-state index contributed by atoms with van der Waals surface area (Å²) in [6, 6.07) is 10.4. The van der Waals surface area contributed by atoms with Crippen molar-refractivity contribution >= 4 is 17.4 Å². The van der Waals surface area contributed by atoms with Crippen molar-refractivity contribution in [1.82, 2.24) is 4.57 Å². The zero-order valence-corrected chi connectivity index (χ0v) is 11.1. The number of nitrogens with two attached hydrogens (primary N) is 1. The van der Waals surface area contributed by atoms with Gasteiger partial charge in [0.25, 0.3) is 0 Å². The molecular weight excluding hydrogens is 272 g/mol. The summed E-state index contributed by atoms with van der Waals surface area (Å²) in [6.07, 6.45) is 2.40. The van der Waals surface area contributed by atoms with Gasteiger partial charge in [-0.25, -0.2) is 4.79 Å². The van der Waals surface area contributed by atoms with E-state index < -0.39 is 17.5 Å². The normalized spacial score (nSPS) is 11.3. The molecular formula is C15H14N2O4. The number of benzene rings is 1. The number of hydrogen-bond donors (Lipinski definition) is 3. The maximum atomic E-state index is 11.9. The van der Waals surface area contributed by atoms with E-state index in [-0.39, 0.29) is 0 Å². The Bertz CT molecular complexity index is 699. The highest BCUT2D eigenvalue weighted by atomic mass is 16.4. The van der Waals surface area contributed by atoms with Crippen molar-refractivity contribution in [2.24, 2.45) is 0 Å². The highest BCUT2D eigenvalue weighted by Crippen LogP contribution is 2.11. The van der Waals surface area contributed by atoms with Crippen LogP contribution < -0.4 is 5.73 Å². The number of carboxylic acids is 1. The number of anilines is 1. The minimum atomic E-state index is -1.54. The number of aromatic nitrogens is 1. The maximum Gasteiger partial charge on any atom is 0.371 e. The number of aliphatic carboxylic acids is 1. The van der Waals surface area contributed by atoms with Gasteiger partial charge in [-0.3, -0.25) is 4.79 Å². The molecule has 0 unspecified atom stereocenters. The fourth-order valence-electron chi connectivity index (χ4n) is 1.86. The highest BCUT2D eigenvalue weighted by molar-refractivity contribution is 6.06. The zero-order chi connectivity index (χ0) is 15.4. The van der Waals surface area contributed by atoms with Crippen molar-refractivity contribution in [2.75, 3.05) is 5.73 Å². The second kappa shape index (κ2) is 5.96. The Balaban J connectivity index is 2.22. The van der Waals surface area contributed by atoms with Gasteiger partial charge >= 0.3 is 5.97 Å². The molecule has 1 aromatic heterocycles. The molecule has 0 saturated heterocycles. The van der Waals surface area contributed by atoms with Crippen molar-refractivity contribution in [3.8, 4) is 0 Å². The summed E-state index contributed by atoms with van der Waals surface area (Å²) in [7, 11) is 0. The second-order valence-corrected chi connectivity index (χ2v) is 4.46. The predicted molar refractivity (Wildman–Crippen MR) is 77.1 cm³/mol. The monoisotopic (exact) mass is 286 g/mol. The molecule has 0 radical (unpaired) electrons. The van der Waals surface area contributed by atoms with Gasteiger partial charge in [-0.05, 0) is 29.8 Å². The standard InChI is InChI=1S/C15H14N2O4/c16-11-5-3-10(4-6-11)9-17-7-1-2-12(17)13(18)8-14(19)15(20)21/h1-8,19H,9,16H2,(H,20,21)/b14-8-. The first-order valence-corrected chi connectivity index (χ1v) is 6.15. The van der Waals surface area contributed by atoms with E-state index in [9.17, 15) is 9.59 Å². The number of carboxylic acid groups (broad SMARTS) is 1. The molecule has 0 aliphatic rings. The predicted octanol–water partition coefficient (Wildman–Crippen LogP) is 1.83. The third-order valence-corrected chi connectivity index (χ3v) is 2.90. The molecule has 6 nitrogen and oxygen atoms in total. The lowest BCUT2D eigenvalue weighted by molar-refractivity contribution is -0.135.